The van der Waals surface area contributed by atoms with Gasteiger partial charge in [0.2, 0.25) is 17.5 Å². The lowest BCUT2D eigenvalue weighted by Crippen LogP contribution is -2.14. The molecule has 0 radical (unpaired) electrons. The van der Waals surface area contributed by atoms with E-state index in [1.165, 1.54) is 33.5 Å². The number of thioether (sulfide) groups is 1. The first kappa shape index (κ1) is 20.5. The fourth-order valence-corrected chi connectivity index (χ4v) is 3.03. The van der Waals surface area contributed by atoms with Gasteiger partial charge in [-0.2, -0.15) is 0 Å². The lowest BCUT2D eigenvalue weighted by Gasteiger charge is -2.12. The summed E-state index contributed by atoms with van der Waals surface area (Å²) in [4.78, 5) is 12.0. The maximum Gasteiger partial charge on any atom is 0.277 e. The number of carbonyl (C=O) groups excluding carboxylic acids is 1. The highest BCUT2D eigenvalue weighted by molar-refractivity contribution is 7.99. The third-order valence-electron chi connectivity index (χ3n) is 3.79. The number of nitrogens with one attached hydrogen (secondary N) is 1. The standard InChI is InChI=1S/C19H18FN3O5S/c1-25-14-8-11(9-15(26-2)17(14)27-3)18-22-23-19(28-18)29-10-16(24)21-13-7-5-4-6-12(13)20/h4-9H,10H2,1-3H3,(H,21,24). The number of amides is 1. The summed E-state index contributed by atoms with van der Waals surface area (Å²) in [5.74, 6) is 0.627. The average molecular weight is 419 g/mol. The van der Waals surface area contributed by atoms with Crippen molar-refractivity contribution in [3.63, 3.8) is 0 Å². The van der Waals surface area contributed by atoms with Crippen molar-refractivity contribution >= 4 is 23.4 Å². The number of halogens is 1. The van der Waals surface area contributed by atoms with Crippen LogP contribution in [0, 0.1) is 5.82 Å². The predicted molar refractivity (Wildman–Crippen MR) is 105 cm³/mol. The summed E-state index contributed by atoms with van der Waals surface area (Å²) < 4.78 is 35.1. The van der Waals surface area contributed by atoms with E-state index in [0.29, 0.717) is 22.8 Å². The van der Waals surface area contributed by atoms with Crippen LogP contribution in [0.5, 0.6) is 17.2 Å². The van der Waals surface area contributed by atoms with Crippen LogP contribution in [0.2, 0.25) is 0 Å². The Bertz CT molecular complexity index is 986. The molecule has 0 saturated heterocycles. The van der Waals surface area contributed by atoms with Crippen LogP contribution in [-0.2, 0) is 4.79 Å². The van der Waals surface area contributed by atoms with E-state index in [1.54, 1.807) is 24.3 Å². The largest absolute Gasteiger partial charge is 0.493 e. The van der Waals surface area contributed by atoms with Crippen molar-refractivity contribution in [2.75, 3.05) is 32.4 Å². The van der Waals surface area contributed by atoms with Crippen LogP contribution in [-0.4, -0.2) is 43.2 Å². The second-order valence-corrected chi connectivity index (χ2v) is 6.53. The number of anilines is 1. The van der Waals surface area contributed by atoms with Gasteiger partial charge in [-0.1, -0.05) is 23.9 Å². The van der Waals surface area contributed by atoms with Gasteiger partial charge in [-0.05, 0) is 24.3 Å². The first-order valence-electron chi connectivity index (χ1n) is 8.36. The molecule has 0 bridgehead atoms. The lowest BCUT2D eigenvalue weighted by molar-refractivity contribution is -0.113. The number of rotatable bonds is 8. The van der Waals surface area contributed by atoms with Crippen LogP contribution >= 0.6 is 11.8 Å². The molecule has 3 aromatic rings. The Hall–Kier alpha value is -3.27. The van der Waals surface area contributed by atoms with Crippen molar-refractivity contribution in [1.29, 1.82) is 0 Å². The van der Waals surface area contributed by atoms with Crippen LogP contribution < -0.4 is 19.5 Å². The highest BCUT2D eigenvalue weighted by Crippen LogP contribution is 2.41. The molecule has 3 rings (SSSR count). The van der Waals surface area contributed by atoms with Crippen molar-refractivity contribution in [3.8, 4) is 28.7 Å². The second kappa shape index (κ2) is 9.28. The molecule has 152 valence electrons. The Morgan fingerprint density at radius 2 is 1.79 bits per heavy atom. The van der Waals surface area contributed by atoms with Crippen LogP contribution in [0.15, 0.2) is 46.0 Å². The molecule has 29 heavy (non-hydrogen) atoms. The van der Waals surface area contributed by atoms with Crippen LogP contribution in [0.1, 0.15) is 0 Å². The van der Waals surface area contributed by atoms with Crippen LogP contribution in [0.25, 0.3) is 11.5 Å². The van der Waals surface area contributed by atoms with Gasteiger partial charge in [0.1, 0.15) is 5.82 Å². The third kappa shape index (κ3) is 4.77. The van der Waals surface area contributed by atoms with Gasteiger partial charge in [0.05, 0.1) is 32.8 Å². The van der Waals surface area contributed by atoms with E-state index in [1.807, 2.05) is 0 Å². The molecule has 0 unspecified atom stereocenters. The number of ether oxygens (including phenoxy) is 3. The maximum atomic E-state index is 13.6. The molecule has 0 aliphatic rings. The molecular weight excluding hydrogens is 401 g/mol. The van der Waals surface area contributed by atoms with E-state index in [2.05, 4.69) is 15.5 Å². The summed E-state index contributed by atoms with van der Waals surface area (Å²) in [5.41, 5.74) is 0.677. The molecule has 1 amide bonds. The fourth-order valence-electron chi connectivity index (χ4n) is 2.47. The molecular formula is C19H18FN3O5S. The van der Waals surface area contributed by atoms with Gasteiger partial charge >= 0.3 is 0 Å². The van der Waals surface area contributed by atoms with Gasteiger partial charge in [-0.15, -0.1) is 10.2 Å². The summed E-state index contributed by atoms with van der Waals surface area (Å²) in [6, 6.07) is 9.27. The highest BCUT2D eigenvalue weighted by Gasteiger charge is 2.18. The monoisotopic (exact) mass is 419 g/mol. The molecule has 2 aromatic carbocycles. The average Bonchev–Trinajstić information content (AvgIpc) is 3.22. The molecule has 0 atom stereocenters. The van der Waals surface area contributed by atoms with E-state index in [0.717, 1.165) is 11.8 Å². The molecule has 1 aromatic heterocycles. The summed E-state index contributed by atoms with van der Waals surface area (Å²) in [5, 5.41) is 10.6. The number of carbonyl (C=O) groups is 1. The topological polar surface area (TPSA) is 95.7 Å². The summed E-state index contributed by atoms with van der Waals surface area (Å²) >= 11 is 1.03. The van der Waals surface area contributed by atoms with E-state index in [4.69, 9.17) is 18.6 Å². The maximum absolute atomic E-state index is 13.6. The molecule has 1 N–H and O–H groups in total. The SMILES string of the molecule is COc1cc(-c2nnc(SCC(=O)Nc3ccccc3F)o2)cc(OC)c1OC. The fraction of sp³-hybridized carbons (Fsp3) is 0.211. The van der Waals surface area contributed by atoms with Crippen molar-refractivity contribution in [2.24, 2.45) is 0 Å². The number of aromatic nitrogens is 2. The van der Waals surface area contributed by atoms with E-state index in [-0.39, 0.29) is 22.6 Å². The number of para-hydroxylation sites is 1. The summed E-state index contributed by atoms with van der Waals surface area (Å²) in [6.07, 6.45) is 0. The van der Waals surface area contributed by atoms with E-state index < -0.39 is 11.7 Å². The first-order valence-corrected chi connectivity index (χ1v) is 9.35. The zero-order valence-corrected chi connectivity index (χ0v) is 16.7. The molecule has 8 nitrogen and oxygen atoms in total. The number of benzene rings is 2. The van der Waals surface area contributed by atoms with Gasteiger partial charge in [0.15, 0.2) is 11.5 Å². The predicted octanol–water partition coefficient (Wildman–Crippen LogP) is 3.63. The number of hydrogen-bond donors (Lipinski definition) is 1. The van der Waals surface area contributed by atoms with Gasteiger partial charge in [0.25, 0.3) is 5.22 Å². The second-order valence-electron chi connectivity index (χ2n) is 5.60. The Morgan fingerprint density at radius 3 is 2.41 bits per heavy atom. The van der Waals surface area contributed by atoms with Gasteiger partial charge in [0, 0.05) is 5.56 Å². The number of nitrogens with zero attached hydrogens (tertiary/aromatic N) is 2. The van der Waals surface area contributed by atoms with Gasteiger partial charge < -0.3 is 23.9 Å². The minimum Gasteiger partial charge on any atom is -0.493 e. The Labute approximate surface area is 170 Å². The molecule has 0 saturated carbocycles. The summed E-state index contributed by atoms with van der Waals surface area (Å²) in [7, 11) is 4.52. The Morgan fingerprint density at radius 1 is 1.10 bits per heavy atom. The molecule has 0 aliphatic heterocycles. The smallest absolute Gasteiger partial charge is 0.277 e. The van der Waals surface area contributed by atoms with Crippen LogP contribution in [0.4, 0.5) is 10.1 Å². The zero-order chi connectivity index (χ0) is 20.8. The van der Waals surface area contributed by atoms with Crippen molar-refractivity contribution in [2.45, 2.75) is 5.22 Å². The normalized spacial score (nSPS) is 10.5. The molecule has 0 fully saturated rings. The zero-order valence-electron chi connectivity index (χ0n) is 15.9. The van der Waals surface area contributed by atoms with E-state index in [9.17, 15) is 9.18 Å². The molecule has 1 heterocycles. The minimum atomic E-state index is -0.506. The first-order chi connectivity index (χ1) is 14.0. The minimum absolute atomic E-state index is 0.0226. The van der Waals surface area contributed by atoms with Crippen molar-refractivity contribution in [3.05, 3.63) is 42.2 Å². The summed E-state index contributed by atoms with van der Waals surface area (Å²) in [6.45, 7) is 0. The van der Waals surface area contributed by atoms with E-state index >= 15 is 0 Å². The highest BCUT2D eigenvalue weighted by atomic mass is 32.2. The number of hydrogen-bond acceptors (Lipinski definition) is 8. The van der Waals surface area contributed by atoms with Crippen molar-refractivity contribution in [1.82, 2.24) is 10.2 Å². The Balaban J connectivity index is 1.69. The molecule has 0 aliphatic carbocycles. The molecule has 0 spiro atoms. The van der Waals surface area contributed by atoms with Gasteiger partial charge in [-0.3, -0.25) is 4.79 Å². The number of methoxy groups -OCH3 is 3. The lowest BCUT2D eigenvalue weighted by atomic mass is 10.2. The van der Waals surface area contributed by atoms with Crippen molar-refractivity contribution < 1.29 is 27.8 Å². The van der Waals surface area contributed by atoms with Crippen LogP contribution in [0.3, 0.4) is 0 Å². The molecule has 10 heteroatoms. The Kier molecular flexibility index (Phi) is 6.55. The quantitative estimate of drug-likeness (QED) is 0.553. The third-order valence-corrected chi connectivity index (χ3v) is 4.61. The van der Waals surface area contributed by atoms with Gasteiger partial charge in [-0.25, -0.2) is 4.39 Å².